The predicted octanol–water partition coefficient (Wildman–Crippen LogP) is 2.41. The minimum Gasteiger partial charge on any atom is -0.378 e. The number of hydrogen-bond donors (Lipinski definition) is 1. The molecule has 116 valence electrons. The molecule has 2 rings (SSSR count). The van der Waals surface area contributed by atoms with Crippen LogP contribution >= 0.6 is 0 Å². The minimum absolute atomic E-state index is 0.133. The van der Waals surface area contributed by atoms with E-state index in [1.165, 1.54) is 11.3 Å². The topological polar surface area (TPSA) is 35.6 Å². The summed E-state index contributed by atoms with van der Waals surface area (Å²) >= 11 is 0. The van der Waals surface area contributed by atoms with Crippen LogP contribution in [0.2, 0.25) is 0 Å². The Balaban J connectivity index is 1.93. The summed E-state index contributed by atoms with van der Waals surface area (Å²) in [7, 11) is 4.07. The second-order valence-corrected chi connectivity index (χ2v) is 6.13. The van der Waals surface area contributed by atoms with E-state index >= 15 is 0 Å². The minimum atomic E-state index is -0.133. The van der Waals surface area contributed by atoms with Crippen LogP contribution < -0.4 is 10.2 Å². The second-order valence-electron chi connectivity index (χ2n) is 6.13. The van der Waals surface area contributed by atoms with Crippen molar-refractivity contribution in [2.45, 2.75) is 38.8 Å². The van der Waals surface area contributed by atoms with E-state index in [0.717, 1.165) is 25.9 Å². The quantitative estimate of drug-likeness (QED) is 0.904. The van der Waals surface area contributed by atoms with Crippen LogP contribution in [0.5, 0.6) is 0 Å². The van der Waals surface area contributed by atoms with Crippen molar-refractivity contribution in [3.63, 3.8) is 0 Å². The van der Waals surface area contributed by atoms with E-state index < -0.39 is 0 Å². The van der Waals surface area contributed by atoms with Crippen LogP contribution in [-0.2, 0) is 4.79 Å². The monoisotopic (exact) mass is 289 g/mol. The Labute approximate surface area is 128 Å². The zero-order chi connectivity index (χ0) is 15.4. The molecule has 2 atom stereocenters. The largest absolute Gasteiger partial charge is 0.378 e. The van der Waals surface area contributed by atoms with E-state index in [2.05, 4.69) is 41.4 Å². The molecule has 1 amide bonds. The Bertz CT molecular complexity index is 463. The third-order valence-electron chi connectivity index (χ3n) is 4.20. The predicted molar refractivity (Wildman–Crippen MR) is 87.6 cm³/mol. The number of hydrogen-bond acceptors (Lipinski definition) is 3. The van der Waals surface area contributed by atoms with Gasteiger partial charge in [0.15, 0.2) is 0 Å². The average Bonchev–Trinajstić information content (AvgIpc) is 3.00. The zero-order valence-corrected chi connectivity index (χ0v) is 13.6. The lowest BCUT2D eigenvalue weighted by Crippen LogP contribution is -2.44. The molecule has 0 bridgehead atoms. The van der Waals surface area contributed by atoms with Crippen molar-refractivity contribution in [3.05, 3.63) is 29.8 Å². The molecule has 0 saturated carbocycles. The molecular formula is C17H27N3O. The Morgan fingerprint density at radius 1 is 1.14 bits per heavy atom. The molecule has 0 aromatic heterocycles. The first-order valence-electron chi connectivity index (χ1n) is 7.81. The van der Waals surface area contributed by atoms with Crippen molar-refractivity contribution in [2.24, 2.45) is 0 Å². The highest BCUT2D eigenvalue weighted by molar-refractivity contribution is 5.81. The number of benzene rings is 1. The Morgan fingerprint density at radius 2 is 1.71 bits per heavy atom. The van der Waals surface area contributed by atoms with Crippen LogP contribution in [0.1, 0.15) is 38.3 Å². The van der Waals surface area contributed by atoms with E-state index in [0.29, 0.717) is 0 Å². The highest BCUT2D eigenvalue weighted by Gasteiger charge is 2.24. The lowest BCUT2D eigenvalue weighted by atomic mass is 10.1. The molecule has 2 unspecified atom stereocenters. The summed E-state index contributed by atoms with van der Waals surface area (Å²) in [6, 6.07) is 8.51. The van der Waals surface area contributed by atoms with Crippen LogP contribution in [0.25, 0.3) is 0 Å². The van der Waals surface area contributed by atoms with Crippen molar-refractivity contribution < 1.29 is 4.79 Å². The number of carbonyl (C=O) groups is 1. The van der Waals surface area contributed by atoms with Gasteiger partial charge in [-0.05, 0) is 44.4 Å². The summed E-state index contributed by atoms with van der Waals surface area (Å²) < 4.78 is 0. The number of nitrogens with one attached hydrogen (secondary N) is 1. The zero-order valence-electron chi connectivity index (χ0n) is 13.6. The second kappa shape index (κ2) is 6.94. The van der Waals surface area contributed by atoms with Gasteiger partial charge in [-0.3, -0.25) is 10.1 Å². The number of carbonyl (C=O) groups excluding carboxylic acids is 1. The Kier molecular flexibility index (Phi) is 5.23. The molecule has 4 nitrogen and oxygen atoms in total. The lowest BCUT2D eigenvalue weighted by Gasteiger charge is -2.24. The van der Waals surface area contributed by atoms with Crippen LogP contribution in [0.15, 0.2) is 24.3 Å². The molecule has 1 aliphatic rings. The maximum absolute atomic E-state index is 12.3. The van der Waals surface area contributed by atoms with Gasteiger partial charge >= 0.3 is 0 Å². The highest BCUT2D eigenvalue weighted by atomic mass is 16.2. The highest BCUT2D eigenvalue weighted by Crippen LogP contribution is 2.18. The molecule has 1 heterocycles. The molecule has 1 aromatic rings. The third-order valence-corrected chi connectivity index (χ3v) is 4.20. The summed E-state index contributed by atoms with van der Waals surface area (Å²) in [5, 5.41) is 3.42. The van der Waals surface area contributed by atoms with Gasteiger partial charge in [-0.15, -0.1) is 0 Å². The molecule has 1 saturated heterocycles. The summed E-state index contributed by atoms with van der Waals surface area (Å²) in [5.74, 6) is 0.226. The Hall–Kier alpha value is -1.55. The molecule has 1 N–H and O–H groups in total. The first-order valence-corrected chi connectivity index (χ1v) is 7.81. The van der Waals surface area contributed by atoms with Crippen LogP contribution in [-0.4, -0.2) is 44.0 Å². The number of rotatable bonds is 5. The number of anilines is 1. The van der Waals surface area contributed by atoms with Gasteiger partial charge in [-0.1, -0.05) is 12.1 Å². The first-order chi connectivity index (χ1) is 9.99. The van der Waals surface area contributed by atoms with Crippen molar-refractivity contribution in [2.75, 3.05) is 32.1 Å². The van der Waals surface area contributed by atoms with Gasteiger partial charge in [0, 0.05) is 38.9 Å². The average molecular weight is 289 g/mol. The number of likely N-dealkylation sites (tertiary alicyclic amines) is 1. The first kappa shape index (κ1) is 15.8. The summed E-state index contributed by atoms with van der Waals surface area (Å²) in [5.41, 5.74) is 2.40. The SMILES string of the molecule is CC(NC(C)c1ccc(N(C)C)cc1)C(=O)N1CCCC1. The van der Waals surface area contributed by atoms with Gasteiger partial charge in [0.2, 0.25) is 5.91 Å². The standard InChI is InChI=1S/C17H27N3O/c1-13(15-7-9-16(10-8-15)19(3)4)18-14(2)17(21)20-11-5-6-12-20/h7-10,13-14,18H,5-6,11-12H2,1-4H3. The van der Waals surface area contributed by atoms with Crippen molar-refractivity contribution in [1.82, 2.24) is 10.2 Å². The molecule has 1 fully saturated rings. The van der Waals surface area contributed by atoms with Gasteiger partial charge in [-0.2, -0.15) is 0 Å². The van der Waals surface area contributed by atoms with Gasteiger partial charge in [0.1, 0.15) is 0 Å². The maximum Gasteiger partial charge on any atom is 0.239 e. The van der Waals surface area contributed by atoms with Gasteiger partial charge in [-0.25, -0.2) is 0 Å². The fourth-order valence-corrected chi connectivity index (χ4v) is 2.82. The van der Waals surface area contributed by atoms with Gasteiger partial charge < -0.3 is 9.80 Å². The van der Waals surface area contributed by atoms with Gasteiger partial charge in [0.25, 0.3) is 0 Å². The summed E-state index contributed by atoms with van der Waals surface area (Å²) in [4.78, 5) is 16.4. The van der Waals surface area contributed by atoms with Crippen molar-refractivity contribution >= 4 is 11.6 Å². The molecule has 1 aliphatic heterocycles. The van der Waals surface area contributed by atoms with E-state index in [1.54, 1.807) is 0 Å². The summed E-state index contributed by atoms with van der Waals surface area (Å²) in [6.45, 7) is 5.90. The Morgan fingerprint density at radius 3 is 2.24 bits per heavy atom. The third kappa shape index (κ3) is 3.97. The molecule has 0 aliphatic carbocycles. The number of amides is 1. The van der Waals surface area contributed by atoms with E-state index in [1.807, 2.05) is 25.9 Å². The molecular weight excluding hydrogens is 262 g/mol. The molecule has 0 radical (unpaired) electrons. The normalized spacial score (nSPS) is 17.6. The van der Waals surface area contributed by atoms with E-state index in [-0.39, 0.29) is 18.0 Å². The molecule has 0 spiro atoms. The van der Waals surface area contributed by atoms with E-state index in [9.17, 15) is 4.79 Å². The maximum atomic E-state index is 12.3. The van der Waals surface area contributed by atoms with Crippen LogP contribution in [0.4, 0.5) is 5.69 Å². The van der Waals surface area contributed by atoms with Crippen LogP contribution in [0.3, 0.4) is 0 Å². The fraction of sp³-hybridized carbons (Fsp3) is 0.588. The number of nitrogens with zero attached hydrogens (tertiary/aromatic N) is 2. The van der Waals surface area contributed by atoms with E-state index in [4.69, 9.17) is 0 Å². The van der Waals surface area contributed by atoms with Crippen molar-refractivity contribution in [3.8, 4) is 0 Å². The molecule has 1 aromatic carbocycles. The van der Waals surface area contributed by atoms with Gasteiger partial charge in [0.05, 0.1) is 6.04 Å². The molecule has 21 heavy (non-hydrogen) atoms. The fourth-order valence-electron chi connectivity index (χ4n) is 2.82. The van der Waals surface area contributed by atoms with Crippen molar-refractivity contribution in [1.29, 1.82) is 0 Å². The smallest absolute Gasteiger partial charge is 0.239 e. The van der Waals surface area contributed by atoms with Crippen LogP contribution in [0, 0.1) is 0 Å². The lowest BCUT2D eigenvalue weighted by molar-refractivity contribution is -0.132. The molecule has 4 heteroatoms. The summed E-state index contributed by atoms with van der Waals surface area (Å²) in [6.07, 6.45) is 2.28.